The Kier molecular flexibility index (Phi) is 4.76. The van der Waals surface area contributed by atoms with Crippen LogP contribution in [0.3, 0.4) is 0 Å². The fourth-order valence-corrected chi connectivity index (χ4v) is 4.39. The molecule has 6 nitrogen and oxygen atoms in total. The second-order valence-electron chi connectivity index (χ2n) is 7.45. The second kappa shape index (κ2) is 7.19. The predicted octanol–water partition coefficient (Wildman–Crippen LogP) is 1.76. The van der Waals surface area contributed by atoms with Crippen LogP contribution < -0.4 is 0 Å². The Morgan fingerprint density at radius 3 is 2.31 bits per heavy atom. The number of imide groups is 1. The van der Waals surface area contributed by atoms with E-state index in [2.05, 4.69) is 9.80 Å². The highest BCUT2D eigenvalue weighted by molar-refractivity contribution is 6.21. The standard InChI is InChI=1S/C20H25N3O3/c24-18-9-3-4-11-22(18)15-6-5-10-21(14-15)12-13-23-19(25)16-7-1-2-8-17(16)20(23)26/h1-2,7-8,15H,3-6,9-14H2. The molecule has 0 N–H and O–H groups in total. The summed E-state index contributed by atoms with van der Waals surface area (Å²) in [4.78, 5) is 42.8. The molecule has 0 aliphatic carbocycles. The average Bonchev–Trinajstić information content (AvgIpc) is 2.91. The molecule has 6 heteroatoms. The molecule has 0 spiro atoms. The molecule has 0 radical (unpaired) electrons. The lowest BCUT2D eigenvalue weighted by Gasteiger charge is -2.41. The van der Waals surface area contributed by atoms with Crippen molar-refractivity contribution in [2.24, 2.45) is 0 Å². The SMILES string of the molecule is O=C1c2ccccc2C(=O)N1CCN1CCCC(N2CCCCC2=O)C1. The molecular weight excluding hydrogens is 330 g/mol. The van der Waals surface area contributed by atoms with E-state index in [9.17, 15) is 14.4 Å². The lowest BCUT2D eigenvalue weighted by molar-refractivity contribution is -0.137. The minimum absolute atomic E-state index is 0.189. The third-order valence-electron chi connectivity index (χ3n) is 5.80. The van der Waals surface area contributed by atoms with Crippen molar-refractivity contribution in [2.45, 2.75) is 38.1 Å². The molecule has 2 saturated heterocycles. The van der Waals surface area contributed by atoms with E-state index in [1.54, 1.807) is 24.3 Å². The molecule has 3 amide bonds. The molecule has 1 unspecified atom stereocenters. The summed E-state index contributed by atoms with van der Waals surface area (Å²) in [5, 5.41) is 0. The monoisotopic (exact) mass is 355 g/mol. The first-order valence-corrected chi connectivity index (χ1v) is 9.62. The van der Waals surface area contributed by atoms with Gasteiger partial charge in [-0.3, -0.25) is 24.2 Å². The number of fused-ring (bicyclic) bond motifs is 1. The summed E-state index contributed by atoms with van der Waals surface area (Å²) in [7, 11) is 0. The van der Waals surface area contributed by atoms with Crippen molar-refractivity contribution in [1.29, 1.82) is 0 Å². The molecule has 3 aliphatic rings. The Morgan fingerprint density at radius 1 is 0.885 bits per heavy atom. The Bertz CT molecular complexity index is 698. The van der Waals surface area contributed by atoms with Crippen molar-refractivity contribution in [3.8, 4) is 0 Å². The quantitative estimate of drug-likeness (QED) is 0.772. The highest BCUT2D eigenvalue weighted by Crippen LogP contribution is 2.24. The third kappa shape index (κ3) is 3.14. The van der Waals surface area contributed by atoms with Gasteiger partial charge in [0.25, 0.3) is 11.8 Å². The van der Waals surface area contributed by atoms with Crippen LogP contribution in [-0.4, -0.2) is 71.2 Å². The maximum atomic E-state index is 12.5. The number of piperidine rings is 2. The number of amides is 3. The summed E-state index contributed by atoms with van der Waals surface area (Å²) in [6.07, 6.45) is 4.88. The van der Waals surface area contributed by atoms with Gasteiger partial charge in [-0.2, -0.15) is 0 Å². The van der Waals surface area contributed by atoms with E-state index in [1.165, 1.54) is 4.90 Å². The van der Waals surface area contributed by atoms with Crippen molar-refractivity contribution in [1.82, 2.24) is 14.7 Å². The largest absolute Gasteiger partial charge is 0.338 e. The van der Waals surface area contributed by atoms with Gasteiger partial charge in [-0.1, -0.05) is 12.1 Å². The van der Waals surface area contributed by atoms with E-state index in [-0.39, 0.29) is 23.8 Å². The van der Waals surface area contributed by atoms with Gasteiger partial charge < -0.3 is 4.90 Å². The molecular formula is C20H25N3O3. The van der Waals surface area contributed by atoms with Gasteiger partial charge in [0, 0.05) is 38.6 Å². The summed E-state index contributed by atoms with van der Waals surface area (Å²) < 4.78 is 0. The van der Waals surface area contributed by atoms with Crippen molar-refractivity contribution in [3.05, 3.63) is 35.4 Å². The molecule has 4 rings (SSSR count). The van der Waals surface area contributed by atoms with E-state index >= 15 is 0 Å². The lowest BCUT2D eigenvalue weighted by Crippen LogP contribution is -2.52. The lowest BCUT2D eigenvalue weighted by atomic mass is 10.0. The highest BCUT2D eigenvalue weighted by Gasteiger charge is 2.36. The molecule has 0 saturated carbocycles. The molecule has 1 atom stereocenters. The van der Waals surface area contributed by atoms with Crippen LogP contribution in [0.4, 0.5) is 0 Å². The van der Waals surface area contributed by atoms with Crippen LogP contribution in [0, 0.1) is 0 Å². The van der Waals surface area contributed by atoms with Crippen molar-refractivity contribution >= 4 is 17.7 Å². The van der Waals surface area contributed by atoms with E-state index < -0.39 is 0 Å². The Hall–Kier alpha value is -2.21. The number of nitrogens with zero attached hydrogens (tertiary/aromatic N) is 3. The first kappa shape index (κ1) is 17.2. The van der Waals surface area contributed by atoms with Crippen LogP contribution in [0.1, 0.15) is 52.8 Å². The zero-order valence-corrected chi connectivity index (χ0v) is 15.0. The summed E-state index contributed by atoms with van der Waals surface area (Å²) in [5.74, 6) is -0.0980. The van der Waals surface area contributed by atoms with Crippen LogP contribution in [0.2, 0.25) is 0 Å². The van der Waals surface area contributed by atoms with Gasteiger partial charge in [-0.05, 0) is 44.4 Å². The van der Waals surface area contributed by atoms with Crippen molar-refractivity contribution in [2.75, 3.05) is 32.7 Å². The molecule has 1 aromatic carbocycles. The molecule has 1 aromatic rings. The molecule has 0 aromatic heterocycles. The molecule has 3 aliphatic heterocycles. The number of carbonyl (C=O) groups is 3. The van der Waals surface area contributed by atoms with Crippen LogP contribution in [-0.2, 0) is 4.79 Å². The predicted molar refractivity (Wildman–Crippen MR) is 96.8 cm³/mol. The van der Waals surface area contributed by atoms with E-state index in [0.29, 0.717) is 30.6 Å². The van der Waals surface area contributed by atoms with Crippen molar-refractivity contribution < 1.29 is 14.4 Å². The Balaban J connectivity index is 1.36. The summed E-state index contributed by atoms with van der Waals surface area (Å²) in [6.45, 7) is 3.75. The normalized spacial score (nSPS) is 24.3. The van der Waals surface area contributed by atoms with Gasteiger partial charge in [-0.25, -0.2) is 0 Å². The number of carbonyl (C=O) groups excluding carboxylic acids is 3. The smallest absolute Gasteiger partial charge is 0.261 e. The zero-order valence-electron chi connectivity index (χ0n) is 15.0. The number of rotatable bonds is 4. The fraction of sp³-hybridized carbons (Fsp3) is 0.550. The number of likely N-dealkylation sites (tertiary alicyclic amines) is 2. The minimum Gasteiger partial charge on any atom is -0.338 e. The zero-order chi connectivity index (χ0) is 18.1. The van der Waals surface area contributed by atoms with E-state index in [0.717, 1.165) is 45.3 Å². The first-order valence-electron chi connectivity index (χ1n) is 9.62. The van der Waals surface area contributed by atoms with Gasteiger partial charge in [0.05, 0.1) is 11.1 Å². The van der Waals surface area contributed by atoms with Crippen LogP contribution in [0.25, 0.3) is 0 Å². The topological polar surface area (TPSA) is 60.9 Å². The van der Waals surface area contributed by atoms with Crippen LogP contribution in [0.15, 0.2) is 24.3 Å². The van der Waals surface area contributed by atoms with E-state index in [1.807, 2.05) is 0 Å². The van der Waals surface area contributed by atoms with Gasteiger partial charge in [0.2, 0.25) is 5.91 Å². The van der Waals surface area contributed by atoms with Gasteiger partial charge in [0.15, 0.2) is 0 Å². The molecule has 26 heavy (non-hydrogen) atoms. The average molecular weight is 355 g/mol. The third-order valence-corrected chi connectivity index (χ3v) is 5.80. The van der Waals surface area contributed by atoms with Crippen molar-refractivity contribution in [3.63, 3.8) is 0 Å². The summed E-state index contributed by atoms with van der Waals surface area (Å²) in [6, 6.07) is 7.29. The van der Waals surface area contributed by atoms with Gasteiger partial charge in [-0.15, -0.1) is 0 Å². The first-order chi connectivity index (χ1) is 12.6. The molecule has 138 valence electrons. The fourth-order valence-electron chi connectivity index (χ4n) is 4.39. The molecule has 0 bridgehead atoms. The number of hydrogen-bond donors (Lipinski definition) is 0. The van der Waals surface area contributed by atoms with Gasteiger partial charge >= 0.3 is 0 Å². The minimum atomic E-state index is -0.189. The van der Waals surface area contributed by atoms with Gasteiger partial charge in [0.1, 0.15) is 0 Å². The second-order valence-corrected chi connectivity index (χ2v) is 7.45. The Labute approximate surface area is 153 Å². The highest BCUT2D eigenvalue weighted by atomic mass is 16.2. The van der Waals surface area contributed by atoms with E-state index in [4.69, 9.17) is 0 Å². The maximum absolute atomic E-state index is 12.5. The number of hydrogen-bond acceptors (Lipinski definition) is 4. The van der Waals surface area contributed by atoms with Crippen LogP contribution >= 0.6 is 0 Å². The summed E-state index contributed by atoms with van der Waals surface area (Å²) in [5.41, 5.74) is 1.01. The molecule has 2 fully saturated rings. The summed E-state index contributed by atoms with van der Waals surface area (Å²) >= 11 is 0. The maximum Gasteiger partial charge on any atom is 0.261 e. The molecule has 3 heterocycles. The number of benzene rings is 1. The van der Waals surface area contributed by atoms with Crippen LogP contribution in [0.5, 0.6) is 0 Å². The Morgan fingerprint density at radius 2 is 1.62 bits per heavy atom.